The van der Waals surface area contributed by atoms with E-state index in [2.05, 4.69) is 76.3 Å². The lowest BCUT2D eigenvalue weighted by Crippen LogP contribution is -2.04. The smallest absolute Gasteiger partial charge is 0.0553 e. The van der Waals surface area contributed by atoms with Crippen LogP contribution in [-0.4, -0.2) is 4.57 Å². The third-order valence-electron chi connectivity index (χ3n) is 2.71. The van der Waals surface area contributed by atoms with Gasteiger partial charge in [0.25, 0.3) is 0 Å². The number of hydrogen-bond acceptors (Lipinski definition) is 1. The summed E-state index contributed by atoms with van der Waals surface area (Å²) in [6.45, 7) is 2.96. The first-order valence-electron chi connectivity index (χ1n) is 5.27. The first-order chi connectivity index (χ1) is 7.66. The Morgan fingerprint density at radius 1 is 1.31 bits per heavy atom. The van der Waals surface area contributed by atoms with Gasteiger partial charge in [-0.1, -0.05) is 22.0 Å². The predicted molar refractivity (Wildman–Crippen MR) is 71.6 cm³/mol. The Morgan fingerprint density at radius 3 is 2.81 bits per heavy atom. The summed E-state index contributed by atoms with van der Waals surface area (Å²) in [7, 11) is 2.06. The summed E-state index contributed by atoms with van der Waals surface area (Å²) in [5, 5.41) is 3.45. The number of benzene rings is 1. The molecule has 1 N–H and O–H groups in total. The number of rotatable bonds is 3. The zero-order chi connectivity index (χ0) is 11.5. The van der Waals surface area contributed by atoms with Crippen molar-refractivity contribution in [1.82, 2.24) is 4.57 Å². The maximum Gasteiger partial charge on any atom is 0.0553 e. The van der Waals surface area contributed by atoms with Crippen LogP contribution in [0.5, 0.6) is 0 Å². The van der Waals surface area contributed by atoms with Crippen LogP contribution in [0.1, 0.15) is 11.3 Å². The lowest BCUT2D eigenvalue weighted by Gasteiger charge is -2.10. The fraction of sp³-hybridized carbons (Fsp3) is 0.231. The number of aryl methyl sites for hydroxylation is 2. The van der Waals surface area contributed by atoms with Gasteiger partial charge in [0.2, 0.25) is 0 Å². The first-order valence-corrected chi connectivity index (χ1v) is 6.06. The molecular formula is C13H15BrN2. The number of hydrogen-bond donors (Lipinski definition) is 1. The van der Waals surface area contributed by atoms with Crippen LogP contribution in [0.4, 0.5) is 5.69 Å². The highest BCUT2D eigenvalue weighted by Gasteiger charge is 2.00. The van der Waals surface area contributed by atoms with E-state index >= 15 is 0 Å². The molecule has 0 unspecified atom stereocenters. The molecule has 0 saturated carbocycles. The van der Waals surface area contributed by atoms with Crippen LogP contribution >= 0.6 is 15.9 Å². The van der Waals surface area contributed by atoms with Gasteiger partial charge in [0.15, 0.2) is 0 Å². The number of nitrogens with one attached hydrogen (secondary N) is 1. The highest BCUT2D eigenvalue weighted by Crippen LogP contribution is 2.21. The van der Waals surface area contributed by atoms with E-state index in [4.69, 9.17) is 0 Å². The normalized spacial score (nSPS) is 10.4. The molecule has 1 aromatic heterocycles. The molecule has 2 nitrogen and oxygen atoms in total. The second-order valence-electron chi connectivity index (χ2n) is 3.92. The monoisotopic (exact) mass is 278 g/mol. The molecule has 0 amide bonds. The van der Waals surface area contributed by atoms with Crippen LogP contribution in [-0.2, 0) is 13.6 Å². The summed E-state index contributed by atoms with van der Waals surface area (Å²) in [6, 6.07) is 10.5. The molecule has 0 atom stereocenters. The topological polar surface area (TPSA) is 17.0 Å². The van der Waals surface area contributed by atoms with Crippen molar-refractivity contribution in [2.45, 2.75) is 13.5 Å². The fourth-order valence-electron chi connectivity index (χ4n) is 1.65. The molecule has 0 fully saturated rings. The van der Waals surface area contributed by atoms with Crippen LogP contribution in [0.15, 0.2) is 41.0 Å². The number of aromatic nitrogens is 1. The number of halogens is 1. The van der Waals surface area contributed by atoms with Crippen LogP contribution in [0.3, 0.4) is 0 Å². The van der Waals surface area contributed by atoms with E-state index in [9.17, 15) is 0 Å². The van der Waals surface area contributed by atoms with Gasteiger partial charge in [0.1, 0.15) is 0 Å². The van der Waals surface area contributed by atoms with Gasteiger partial charge >= 0.3 is 0 Å². The Morgan fingerprint density at radius 2 is 2.12 bits per heavy atom. The van der Waals surface area contributed by atoms with E-state index in [-0.39, 0.29) is 0 Å². The van der Waals surface area contributed by atoms with Crippen molar-refractivity contribution in [2.75, 3.05) is 5.32 Å². The van der Waals surface area contributed by atoms with Gasteiger partial charge in [-0.05, 0) is 36.8 Å². The van der Waals surface area contributed by atoms with Crippen LogP contribution in [0.25, 0.3) is 0 Å². The van der Waals surface area contributed by atoms with Crippen LogP contribution < -0.4 is 5.32 Å². The molecule has 2 aromatic rings. The van der Waals surface area contributed by atoms with Crippen molar-refractivity contribution in [1.29, 1.82) is 0 Å². The second-order valence-corrected chi connectivity index (χ2v) is 4.84. The summed E-state index contributed by atoms with van der Waals surface area (Å²) in [6.07, 6.45) is 2.06. The van der Waals surface area contributed by atoms with Crippen molar-refractivity contribution >= 4 is 21.6 Å². The van der Waals surface area contributed by atoms with Gasteiger partial charge < -0.3 is 9.88 Å². The zero-order valence-electron chi connectivity index (χ0n) is 9.50. The SMILES string of the molecule is Cc1ccc(Br)cc1NCc1cccn1C. The average molecular weight is 279 g/mol. The molecule has 1 aromatic carbocycles. The standard InChI is InChI=1S/C13H15BrN2/c1-10-5-6-11(14)8-13(10)15-9-12-4-3-7-16(12)2/h3-8,15H,9H2,1-2H3. The minimum absolute atomic E-state index is 0.848. The minimum Gasteiger partial charge on any atom is -0.379 e. The van der Waals surface area contributed by atoms with Crippen molar-refractivity contribution in [3.05, 3.63) is 52.3 Å². The van der Waals surface area contributed by atoms with E-state index in [1.54, 1.807) is 0 Å². The predicted octanol–water partition coefficient (Wildman–Crippen LogP) is 3.71. The van der Waals surface area contributed by atoms with Crippen molar-refractivity contribution in [2.24, 2.45) is 7.05 Å². The molecule has 16 heavy (non-hydrogen) atoms. The molecule has 84 valence electrons. The molecule has 0 saturated heterocycles. The van der Waals surface area contributed by atoms with Gasteiger partial charge in [-0.25, -0.2) is 0 Å². The molecule has 2 rings (SSSR count). The summed E-state index contributed by atoms with van der Waals surface area (Å²) >= 11 is 3.48. The van der Waals surface area contributed by atoms with E-state index in [0.29, 0.717) is 0 Å². The lowest BCUT2D eigenvalue weighted by molar-refractivity contribution is 0.842. The summed E-state index contributed by atoms with van der Waals surface area (Å²) in [5.41, 5.74) is 3.72. The molecule has 0 spiro atoms. The van der Waals surface area contributed by atoms with E-state index in [1.807, 2.05) is 0 Å². The Kier molecular flexibility index (Phi) is 3.34. The third-order valence-corrected chi connectivity index (χ3v) is 3.20. The van der Waals surface area contributed by atoms with Crippen molar-refractivity contribution in [3.8, 4) is 0 Å². The highest BCUT2D eigenvalue weighted by atomic mass is 79.9. The highest BCUT2D eigenvalue weighted by molar-refractivity contribution is 9.10. The number of anilines is 1. The molecular weight excluding hydrogens is 264 g/mol. The van der Waals surface area contributed by atoms with Gasteiger partial charge in [0.05, 0.1) is 6.54 Å². The summed E-state index contributed by atoms with van der Waals surface area (Å²) in [5.74, 6) is 0. The third kappa shape index (κ3) is 2.47. The van der Waals surface area contributed by atoms with E-state index in [1.165, 1.54) is 16.9 Å². The van der Waals surface area contributed by atoms with E-state index in [0.717, 1.165) is 11.0 Å². The molecule has 1 heterocycles. The molecule has 0 aliphatic carbocycles. The average Bonchev–Trinajstić information content (AvgIpc) is 2.66. The Hall–Kier alpha value is -1.22. The van der Waals surface area contributed by atoms with Gasteiger partial charge in [-0.3, -0.25) is 0 Å². The van der Waals surface area contributed by atoms with Gasteiger partial charge in [0, 0.05) is 29.1 Å². The minimum atomic E-state index is 0.848. The van der Waals surface area contributed by atoms with Crippen LogP contribution in [0, 0.1) is 6.92 Å². The number of nitrogens with zero attached hydrogens (tertiary/aromatic N) is 1. The lowest BCUT2D eigenvalue weighted by atomic mass is 10.2. The van der Waals surface area contributed by atoms with E-state index < -0.39 is 0 Å². The Balaban J connectivity index is 2.10. The largest absolute Gasteiger partial charge is 0.379 e. The van der Waals surface area contributed by atoms with Crippen LogP contribution in [0.2, 0.25) is 0 Å². The quantitative estimate of drug-likeness (QED) is 0.906. The maximum absolute atomic E-state index is 3.48. The first kappa shape index (κ1) is 11.3. The zero-order valence-corrected chi connectivity index (χ0v) is 11.1. The molecule has 0 bridgehead atoms. The Bertz CT molecular complexity index is 488. The second kappa shape index (κ2) is 4.74. The Labute approximate surface area is 104 Å². The van der Waals surface area contributed by atoms with Crippen molar-refractivity contribution < 1.29 is 0 Å². The molecule has 0 radical (unpaired) electrons. The van der Waals surface area contributed by atoms with Gasteiger partial charge in [-0.2, -0.15) is 0 Å². The molecule has 3 heteroatoms. The fourth-order valence-corrected chi connectivity index (χ4v) is 2.01. The molecule has 0 aliphatic rings. The van der Waals surface area contributed by atoms with Gasteiger partial charge in [-0.15, -0.1) is 0 Å². The maximum atomic E-state index is 3.48. The summed E-state index contributed by atoms with van der Waals surface area (Å²) < 4.78 is 3.23. The molecule has 0 aliphatic heterocycles. The van der Waals surface area contributed by atoms with Crippen molar-refractivity contribution in [3.63, 3.8) is 0 Å². The summed E-state index contributed by atoms with van der Waals surface area (Å²) in [4.78, 5) is 0.